The van der Waals surface area contributed by atoms with Crippen LogP contribution >= 0.6 is 0 Å². The fourth-order valence-electron chi connectivity index (χ4n) is 1.87. The van der Waals surface area contributed by atoms with Crippen LogP contribution in [0.25, 0.3) is 10.9 Å². The number of rotatable bonds is 4. The smallest absolute Gasteiger partial charge is 0.295 e. The van der Waals surface area contributed by atoms with Crippen LogP contribution in [-0.2, 0) is 0 Å². The number of fused-ring (bicyclic) bond motifs is 1. The molecule has 0 spiro atoms. The molecule has 1 aromatic heterocycles. The summed E-state index contributed by atoms with van der Waals surface area (Å²) >= 11 is 0. The van der Waals surface area contributed by atoms with Gasteiger partial charge in [-0.3, -0.25) is 10.1 Å². The molecule has 1 atom stereocenters. The molecule has 6 nitrogen and oxygen atoms in total. The van der Waals surface area contributed by atoms with Gasteiger partial charge in [-0.25, -0.2) is 4.98 Å². The fraction of sp³-hybridized carbons (Fsp3) is 0.357. The molecule has 0 radical (unpaired) electrons. The molecule has 1 heterocycles. The maximum atomic E-state index is 11.0. The number of hydrogen-bond donors (Lipinski definition) is 2. The van der Waals surface area contributed by atoms with Crippen molar-refractivity contribution >= 4 is 22.3 Å². The highest BCUT2D eigenvalue weighted by Gasteiger charge is 2.25. The lowest BCUT2D eigenvalue weighted by molar-refractivity contribution is -0.383. The summed E-state index contributed by atoms with van der Waals surface area (Å²) in [5.74, 6) is 0. The molecule has 0 fully saturated rings. The number of nitro groups is 1. The zero-order chi connectivity index (χ0) is 14.9. The third-order valence-electron chi connectivity index (χ3n) is 3.45. The van der Waals surface area contributed by atoms with Crippen LogP contribution in [0, 0.1) is 10.1 Å². The van der Waals surface area contributed by atoms with Crippen LogP contribution in [0.3, 0.4) is 0 Å². The first-order valence-electron chi connectivity index (χ1n) is 6.31. The lowest BCUT2D eigenvalue weighted by atomic mass is 9.97. The highest BCUT2D eigenvalue weighted by molar-refractivity contribution is 5.97. The van der Waals surface area contributed by atoms with Gasteiger partial charge < -0.3 is 10.4 Å². The van der Waals surface area contributed by atoms with Crippen LogP contribution in [0.2, 0.25) is 0 Å². The van der Waals surface area contributed by atoms with Crippen LogP contribution in [0.1, 0.15) is 20.8 Å². The lowest BCUT2D eigenvalue weighted by Gasteiger charge is -2.31. The molecule has 2 rings (SSSR count). The van der Waals surface area contributed by atoms with Crippen molar-refractivity contribution in [2.45, 2.75) is 32.4 Å². The number of anilines is 1. The molecular formula is C14H17N3O3. The molecule has 0 aliphatic carbocycles. The first kappa shape index (κ1) is 14.2. The first-order chi connectivity index (χ1) is 9.33. The number of nitro benzene ring substituents is 1. The number of hydrogen-bond acceptors (Lipinski definition) is 5. The third kappa shape index (κ3) is 2.55. The number of pyridine rings is 1. The average molecular weight is 275 g/mol. The van der Waals surface area contributed by atoms with Gasteiger partial charge >= 0.3 is 0 Å². The summed E-state index contributed by atoms with van der Waals surface area (Å²) in [5.41, 5.74) is 0.466. The molecule has 2 aromatic rings. The minimum absolute atomic E-state index is 0.0268. The molecule has 6 heteroatoms. The van der Waals surface area contributed by atoms with Gasteiger partial charge in [-0.1, -0.05) is 0 Å². The molecule has 0 aliphatic heterocycles. The first-order valence-corrected chi connectivity index (χ1v) is 6.31. The maximum absolute atomic E-state index is 11.0. The average Bonchev–Trinajstić information content (AvgIpc) is 2.38. The normalized spacial score (nSPS) is 13.2. The van der Waals surface area contributed by atoms with E-state index in [0.29, 0.717) is 16.6 Å². The second-order valence-electron chi connectivity index (χ2n) is 5.31. The van der Waals surface area contributed by atoms with Crippen LogP contribution in [-0.4, -0.2) is 26.7 Å². The van der Waals surface area contributed by atoms with Gasteiger partial charge in [0.2, 0.25) is 0 Å². The van der Waals surface area contributed by atoms with Crippen molar-refractivity contribution < 1.29 is 10.0 Å². The topological polar surface area (TPSA) is 88.3 Å². The number of aliphatic hydroxyl groups excluding tert-OH is 1. The number of aliphatic hydroxyl groups is 1. The van der Waals surface area contributed by atoms with Crippen LogP contribution in [0.4, 0.5) is 11.4 Å². The monoisotopic (exact) mass is 275 g/mol. The Labute approximate surface area is 116 Å². The summed E-state index contributed by atoms with van der Waals surface area (Å²) in [7, 11) is 0. The van der Waals surface area contributed by atoms with E-state index in [0.717, 1.165) is 0 Å². The Kier molecular flexibility index (Phi) is 3.59. The predicted molar refractivity (Wildman–Crippen MR) is 77.8 cm³/mol. The number of nitrogens with zero attached hydrogens (tertiary/aromatic N) is 2. The van der Waals surface area contributed by atoms with Crippen molar-refractivity contribution in [3.63, 3.8) is 0 Å². The molecule has 106 valence electrons. The summed E-state index contributed by atoms with van der Waals surface area (Å²) in [6.45, 7) is 5.42. The standard InChI is InChI=1S/C14H17N3O3/c1-9(18)14(2,3)16-11-6-7-12(17(19)20)13-10(11)5-4-8-15-13/h4-9,16,18H,1-3H3. The SMILES string of the molecule is CC(O)C(C)(C)Nc1ccc([N+](=O)[O-])c2ncccc12. The van der Waals surface area contributed by atoms with Crippen LogP contribution < -0.4 is 5.32 Å². The molecule has 0 saturated carbocycles. The molecule has 0 bridgehead atoms. The molecule has 20 heavy (non-hydrogen) atoms. The van der Waals surface area contributed by atoms with E-state index in [2.05, 4.69) is 10.3 Å². The Morgan fingerprint density at radius 1 is 1.40 bits per heavy atom. The second-order valence-corrected chi connectivity index (χ2v) is 5.31. The highest BCUT2D eigenvalue weighted by Crippen LogP contribution is 2.31. The van der Waals surface area contributed by atoms with Gasteiger partial charge in [-0.05, 0) is 39.0 Å². The van der Waals surface area contributed by atoms with E-state index in [1.54, 1.807) is 25.1 Å². The third-order valence-corrected chi connectivity index (χ3v) is 3.45. The largest absolute Gasteiger partial charge is 0.391 e. The van der Waals surface area contributed by atoms with E-state index in [1.165, 1.54) is 12.3 Å². The van der Waals surface area contributed by atoms with Crippen LogP contribution in [0.15, 0.2) is 30.5 Å². The summed E-state index contributed by atoms with van der Waals surface area (Å²) in [6, 6.07) is 6.57. The number of aromatic nitrogens is 1. The Morgan fingerprint density at radius 3 is 2.70 bits per heavy atom. The number of non-ortho nitro benzene ring substituents is 1. The van der Waals surface area contributed by atoms with Gasteiger partial charge in [-0.2, -0.15) is 0 Å². The van der Waals surface area contributed by atoms with E-state index in [1.807, 2.05) is 13.8 Å². The predicted octanol–water partition coefficient (Wildman–Crippen LogP) is 2.71. The number of benzene rings is 1. The van der Waals surface area contributed by atoms with Crippen molar-refractivity contribution in [2.75, 3.05) is 5.32 Å². The summed E-state index contributed by atoms with van der Waals surface area (Å²) in [4.78, 5) is 14.7. The van der Waals surface area contributed by atoms with E-state index >= 15 is 0 Å². The minimum atomic E-state index is -0.579. The Bertz CT molecular complexity index is 653. The maximum Gasteiger partial charge on any atom is 0.295 e. The Hall–Kier alpha value is -2.21. The van der Waals surface area contributed by atoms with E-state index in [9.17, 15) is 15.2 Å². The van der Waals surface area contributed by atoms with Gasteiger partial charge in [-0.15, -0.1) is 0 Å². The molecule has 2 N–H and O–H groups in total. The Balaban J connectivity index is 2.57. The van der Waals surface area contributed by atoms with E-state index < -0.39 is 16.6 Å². The number of nitrogens with one attached hydrogen (secondary N) is 1. The summed E-state index contributed by atoms with van der Waals surface area (Å²) in [5, 5.41) is 24.7. The van der Waals surface area contributed by atoms with Crippen molar-refractivity contribution in [1.82, 2.24) is 4.98 Å². The molecule has 0 saturated heterocycles. The lowest BCUT2D eigenvalue weighted by Crippen LogP contribution is -2.41. The van der Waals surface area contributed by atoms with E-state index in [-0.39, 0.29) is 5.69 Å². The molecule has 1 aromatic carbocycles. The van der Waals surface area contributed by atoms with Gasteiger partial charge in [0, 0.05) is 23.3 Å². The van der Waals surface area contributed by atoms with Gasteiger partial charge in [0.25, 0.3) is 5.69 Å². The quantitative estimate of drug-likeness (QED) is 0.661. The van der Waals surface area contributed by atoms with Crippen molar-refractivity contribution in [2.24, 2.45) is 0 Å². The zero-order valence-electron chi connectivity index (χ0n) is 11.6. The van der Waals surface area contributed by atoms with Crippen molar-refractivity contribution in [1.29, 1.82) is 0 Å². The minimum Gasteiger partial charge on any atom is -0.391 e. The van der Waals surface area contributed by atoms with Crippen molar-refractivity contribution in [3.8, 4) is 0 Å². The summed E-state index contributed by atoms with van der Waals surface area (Å²) in [6.07, 6.45) is 0.947. The highest BCUT2D eigenvalue weighted by atomic mass is 16.6. The Morgan fingerprint density at radius 2 is 2.10 bits per heavy atom. The zero-order valence-corrected chi connectivity index (χ0v) is 11.6. The molecule has 0 aliphatic rings. The molecular weight excluding hydrogens is 258 g/mol. The van der Waals surface area contributed by atoms with Crippen molar-refractivity contribution in [3.05, 3.63) is 40.6 Å². The van der Waals surface area contributed by atoms with Crippen LogP contribution in [0.5, 0.6) is 0 Å². The van der Waals surface area contributed by atoms with Gasteiger partial charge in [0.15, 0.2) is 0 Å². The summed E-state index contributed by atoms with van der Waals surface area (Å²) < 4.78 is 0. The van der Waals surface area contributed by atoms with Gasteiger partial charge in [0.1, 0.15) is 5.52 Å². The van der Waals surface area contributed by atoms with Gasteiger partial charge in [0.05, 0.1) is 16.6 Å². The molecule has 1 unspecified atom stereocenters. The molecule has 0 amide bonds. The fourth-order valence-corrected chi connectivity index (χ4v) is 1.87. The second kappa shape index (κ2) is 5.05. The van der Waals surface area contributed by atoms with E-state index in [4.69, 9.17) is 0 Å².